The lowest BCUT2D eigenvalue weighted by atomic mass is 10.0. The normalized spacial score (nSPS) is 13.3. The smallest absolute Gasteiger partial charge is 0.214 e. The number of H-pyrrole nitrogens is 1. The van der Waals surface area contributed by atoms with Gasteiger partial charge in [0.05, 0.1) is 11.3 Å². The Bertz CT molecular complexity index is 1030. The van der Waals surface area contributed by atoms with Crippen LogP contribution in [-0.2, 0) is 0 Å². The molecule has 0 fully saturated rings. The number of hydrogen-bond acceptors (Lipinski definition) is 4. The van der Waals surface area contributed by atoms with Crippen LogP contribution in [0.5, 0.6) is 5.88 Å². The largest absolute Gasteiger partial charge is 0.494 e. The van der Waals surface area contributed by atoms with E-state index >= 15 is 0 Å². The maximum atomic E-state index is 12.6. The van der Waals surface area contributed by atoms with Crippen LogP contribution in [0.15, 0.2) is 47.5 Å². The Hall–Kier alpha value is -3.21. The number of nitrogens with one attached hydrogen (secondary N) is 1. The van der Waals surface area contributed by atoms with Crippen molar-refractivity contribution in [3.63, 3.8) is 0 Å². The molecule has 5 nitrogen and oxygen atoms in total. The molecule has 1 aliphatic heterocycles. The van der Waals surface area contributed by atoms with Crippen molar-refractivity contribution in [3.8, 4) is 5.88 Å². The van der Waals surface area contributed by atoms with Crippen molar-refractivity contribution in [2.24, 2.45) is 4.99 Å². The minimum atomic E-state index is -0.254. The Kier molecular flexibility index (Phi) is 2.72. The molecule has 0 radical (unpaired) electrons. The molecule has 2 N–H and O–H groups in total. The molecule has 0 amide bonds. The minimum Gasteiger partial charge on any atom is -0.494 e. The molecule has 4 rings (SSSR count). The van der Waals surface area contributed by atoms with Gasteiger partial charge < -0.3 is 10.1 Å². The number of carbonyl (C=O) groups is 2. The zero-order chi connectivity index (χ0) is 16.1. The van der Waals surface area contributed by atoms with Crippen molar-refractivity contribution in [2.75, 3.05) is 0 Å². The number of fused-ring (bicyclic) bond motifs is 2. The SMILES string of the molecule is CC(=O)c1ccc2c(c1)N=C(c1c(O)[nH]c3ccccc13)C2=O. The summed E-state index contributed by atoms with van der Waals surface area (Å²) < 4.78 is 0. The van der Waals surface area contributed by atoms with Crippen LogP contribution in [-0.4, -0.2) is 27.4 Å². The van der Waals surface area contributed by atoms with Gasteiger partial charge >= 0.3 is 0 Å². The van der Waals surface area contributed by atoms with Crippen LogP contribution in [0.3, 0.4) is 0 Å². The average molecular weight is 304 g/mol. The molecule has 0 bridgehead atoms. The summed E-state index contributed by atoms with van der Waals surface area (Å²) in [6.45, 7) is 1.47. The summed E-state index contributed by atoms with van der Waals surface area (Å²) in [6.07, 6.45) is 0. The van der Waals surface area contributed by atoms with Crippen LogP contribution in [0.1, 0.15) is 33.2 Å². The topological polar surface area (TPSA) is 82.5 Å². The Balaban J connectivity index is 1.92. The van der Waals surface area contributed by atoms with E-state index in [0.29, 0.717) is 22.4 Å². The van der Waals surface area contributed by atoms with Gasteiger partial charge in [-0.1, -0.05) is 24.3 Å². The molecule has 0 atom stereocenters. The molecule has 5 heteroatoms. The van der Waals surface area contributed by atoms with Gasteiger partial charge in [0.1, 0.15) is 5.71 Å². The van der Waals surface area contributed by atoms with E-state index in [1.807, 2.05) is 24.3 Å². The highest BCUT2D eigenvalue weighted by Crippen LogP contribution is 2.35. The van der Waals surface area contributed by atoms with Crippen molar-refractivity contribution in [2.45, 2.75) is 6.92 Å². The number of aliphatic imine (C=N–C) groups is 1. The van der Waals surface area contributed by atoms with Crippen LogP contribution >= 0.6 is 0 Å². The number of nitrogens with zero attached hydrogens (tertiary/aromatic N) is 1. The summed E-state index contributed by atoms with van der Waals surface area (Å²) in [5, 5.41) is 10.9. The van der Waals surface area contributed by atoms with E-state index in [2.05, 4.69) is 9.98 Å². The van der Waals surface area contributed by atoms with Crippen LogP contribution in [0.4, 0.5) is 5.69 Å². The zero-order valence-electron chi connectivity index (χ0n) is 12.3. The molecular formula is C18H12N2O3. The van der Waals surface area contributed by atoms with E-state index in [1.165, 1.54) is 6.92 Å². The minimum absolute atomic E-state index is 0.0844. The number of aromatic amines is 1. The summed E-state index contributed by atoms with van der Waals surface area (Å²) in [5.74, 6) is -0.424. The van der Waals surface area contributed by atoms with E-state index in [0.717, 1.165) is 10.9 Å². The molecule has 0 unspecified atom stereocenters. The van der Waals surface area contributed by atoms with Crippen LogP contribution in [0.25, 0.3) is 10.9 Å². The molecule has 1 aromatic heterocycles. The van der Waals surface area contributed by atoms with Gasteiger partial charge in [0.25, 0.3) is 0 Å². The van der Waals surface area contributed by atoms with Crippen LogP contribution < -0.4 is 0 Å². The molecule has 23 heavy (non-hydrogen) atoms. The highest BCUT2D eigenvalue weighted by molar-refractivity contribution is 6.56. The monoisotopic (exact) mass is 304 g/mol. The first kappa shape index (κ1) is 13.5. The molecular weight excluding hydrogens is 292 g/mol. The fourth-order valence-electron chi connectivity index (χ4n) is 2.87. The molecule has 1 aliphatic rings. The summed E-state index contributed by atoms with van der Waals surface area (Å²) in [5.41, 5.74) is 2.72. The number of ketones is 2. The molecule has 0 saturated heterocycles. The summed E-state index contributed by atoms with van der Waals surface area (Å²) in [7, 11) is 0. The van der Waals surface area contributed by atoms with Crippen molar-refractivity contribution in [1.82, 2.24) is 4.98 Å². The number of aromatic nitrogens is 1. The standard InChI is InChI=1S/C18H12N2O3/c1-9(21)10-6-7-12-14(8-10)19-16(17(12)22)15-11-4-2-3-5-13(11)20-18(15)23/h2-8,20,23H,1H3. The fourth-order valence-corrected chi connectivity index (χ4v) is 2.87. The van der Waals surface area contributed by atoms with E-state index < -0.39 is 0 Å². The third-order valence-corrected chi connectivity index (χ3v) is 4.02. The van der Waals surface area contributed by atoms with Gasteiger partial charge in [-0.05, 0) is 25.1 Å². The first-order valence-electron chi connectivity index (χ1n) is 7.14. The van der Waals surface area contributed by atoms with Crippen molar-refractivity contribution in [3.05, 3.63) is 59.2 Å². The summed E-state index contributed by atoms with van der Waals surface area (Å²) >= 11 is 0. The lowest BCUT2D eigenvalue weighted by molar-refractivity contribution is 0.101. The number of rotatable bonds is 2. The lowest BCUT2D eigenvalue weighted by Crippen LogP contribution is -2.10. The Morgan fingerprint density at radius 1 is 1.17 bits per heavy atom. The van der Waals surface area contributed by atoms with Gasteiger partial charge in [-0.2, -0.15) is 0 Å². The number of hydrogen-bond donors (Lipinski definition) is 2. The van der Waals surface area contributed by atoms with E-state index in [9.17, 15) is 14.7 Å². The van der Waals surface area contributed by atoms with Crippen molar-refractivity contribution in [1.29, 1.82) is 0 Å². The fraction of sp³-hybridized carbons (Fsp3) is 0.0556. The van der Waals surface area contributed by atoms with Crippen molar-refractivity contribution < 1.29 is 14.7 Å². The first-order valence-corrected chi connectivity index (χ1v) is 7.14. The van der Waals surface area contributed by atoms with Crippen molar-refractivity contribution >= 4 is 33.9 Å². The van der Waals surface area contributed by atoms with E-state index in [1.54, 1.807) is 18.2 Å². The molecule has 2 heterocycles. The molecule has 0 saturated carbocycles. The molecule has 0 spiro atoms. The predicted octanol–water partition coefficient (Wildman–Crippen LogP) is 3.39. The van der Waals surface area contributed by atoms with Crippen LogP contribution in [0, 0.1) is 0 Å². The van der Waals surface area contributed by atoms with E-state index in [4.69, 9.17) is 0 Å². The van der Waals surface area contributed by atoms with Gasteiger partial charge in [-0.3, -0.25) is 9.59 Å². The third kappa shape index (κ3) is 1.90. The maximum Gasteiger partial charge on any atom is 0.214 e. The third-order valence-electron chi connectivity index (χ3n) is 4.02. The second kappa shape index (κ2) is 4.64. The van der Waals surface area contributed by atoms with Gasteiger partial charge in [0, 0.05) is 22.0 Å². The van der Waals surface area contributed by atoms with Gasteiger partial charge in [-0.25, -0.2) is 4.99 Å². The Morgan fingerprint density at radius 2 is 1.96 bits per heavy atom. The Labute approximate surface area is 131 Å². The Morgan fingerprint density at radius 3 is 2.74 bits per heavy atom. The highest BCUT2D eigenvalue weighted by Gasteiger charge is 2.30. The number of Topliss-reactive ketones (excluding diaryl/α,β-unsaturated/α-hetero) is 2. The molecule has 0 aliphatic carbocycles. The average Bonchev–Trinajstić information content (AvgIpc) is 3.03. The van der Waals surface area contributed by atoms with E-state index in [-0.39, 0.29) is 23.2 Å². The summed E-state index contributed by atoms with van der Waals surface area (Å²) in [4.78, 5) is 31.3. The lowest BCUT2D eigenvalue weighted by Gasteiger charge is -1.99. The second-order valence-electron chi connectivity index (χ2n) is 5.47. The van der Waals surface area contributed by atoms with Gasteiger partial charge in [-0.15, -0.1) is 0 Å². The number of benzene rings is 2. The zero-order valence-corrected chi connectivity index (χ0v) is 12.3. The molecule has 3 aromatic rings. The highest BCUT2D eigenvalue weighted by atomic mass is 16.3. The number of para-hydroxylation sites is 1. The van der Waals surface area contributed by atoms with Crippen LogP contribution in [0.2, 0.25) is 0 Å². The number of aromatic hydroxyl groups is 1. The quantitative estimate of drug-likeness (QED) is 0.712. The van der Waals surface area contributed by atoms with Gasteiger partial charge in [0.15, 0.2) is 11.7 Å². The first-order chi connectivity index (χ1) is 11.1. The van der Waals surface area contributed by atoms with Gasteiger partial charge in [0.2, 0.25) is 5.78 Å². The second-order valence-corrected chi connectivity index (χ2v) is 5.47. The predicted molar refractivity (Wildman–Crippen MR) is 86.9 cm³/mol. The maximum absolute atomic E-state index is 12.6. The molecule has 2 aromatic carbocycles. The molecule has 112 valence electrons. The number of carbonyl (C=O) groups excluding carboxylic acids is 2. The summed E-state index contributed by atoms with van der Waals surface area (Å²) in [6, 6.07) is 12.1.